The Hall–Kier alpha value is -1.87. The van der Waals surface area contributed by atoms with Crippen LogP contribution in [-0.4, -0.2) is 5.11 Å². The summed E-state index contributed by atoms with van der Waals surface area (Å²) in [7, 11) is 0. The van der Waals surface area contributed by atoms with Gasteiger partial charge in [0.2, 0.25) is 0 Å². The number of hydrogen-bond acceptors (Lipinski definition) is 1. The summed E-state index contributed by atoms with van der Waals surface area (Å²) in [6, 6.07) is 18.5. The minimum atomic E-state index is 0.293. The Balaban J connectivity index is 2.14. The molecule has 2 rings (SSSR count). The van der Waals surface area contributed by atoms with E-state index in [0.717, 1.165) is 12.1 Å². The first-order chi connectivity index (χ1) is 8.24. The quantitative estimate of drug-likeness (QED) is 0.813. The van der Waals surface area contributed by atoms with Crippen LogP contribution in [-0.2, 0) is 6.42 Å². The smallest absolute Gasteiger partial charge is 0.168 e. The van der Waals surface area contributed by atoms with Crippen LogP contribution in [0.15, 0.2) is 54.6 Å². The lowest BCUT2D eigenvalue weighted by molar-refractivity contribution is 1.19. The number of benzene rings is 2. The van der Waals surface area contributed by atoms with E-state index < -0.39 is 0 Å². The molecule has 0 heterocycles. The van der Waals surface area contributed by atoms with Gasteiger partial charge in [-0.25, -0.2) is 0 Å². The van der Waals surface area contributed by atoms with Crippen LogP contribution in [0, 0.1) is 0 Å². The topological polar surface area (TPSA) is 38.0 Å². The summed E-state index contributed by atoms with van der Waals surface area (Å²) in [6.45, 7) is 0. The van der Waals surface area contributed by atoms with E-state index in [-0.39, 0.29) is 0 Å². The third-order valence-electron chi connectivity index (χ3n) is 2.45. The third kappa shape index (κ3) is 3.57. The van der Waals surface area contributed by atoms with Crippen LogP contribution in [0.5, 0.6) is 0 Å². The van der Waals surface area contributed by atoms with Crippen molar-refractivity contribution < 1.29 is 0 Å². The summed E-state index contributed by atoms with van der Waals surface area (Å²) in [6.07, 6.45) is 0.910. The minimum Gasteiger partial charge on any atom is -0.376 e. The minimum absolute atomic E-state index is 0.293. The van der Waals surface area contributed by atoms with E-state index in [1.54, 1.807) is 0 Å². The SMILES string of the molecule is NC(=S)Nc1cccc(Cc2ccccc2)c1. The lowest BCUT2D eigenvalue weighted by atomic mass is 10.0. The maximum Gasteiger partial charge on any atom is 0.168 e. The Morgan fingerprint density at radius 3 is 2.41 bits per heavy atom. The second-order valence-corrected chi connectivity index (χ2v) is 4.29. The molecule has 2 aromatic carbocycles. The second-order valence-electron chi connectivity index (χ2n) is 3.85. The Labute approximate surface area is 106 Å². The average molecular weight is 242 g/mol. The maximum absolute atomic E-state index is 5.45. The predicted octanol–water partition coefficient (Wildman–Crippen LogP) is 2.93. The lowest BCUT2D eigenvalue weighted by Gasteiger charge is -2.06. The monoisotopic (exact) mass is 242 g/mol. The molecule has 0 amide bonds. The highest BCUT2D eigenvalue weighted by Crippen LogP contribution is 2.14. The normalized spacial score (nSPS) is 9.88. The molecular formula is C14H14N2S. The zero-order chi connectivity index (χ0) is 12.1. The van der Waals surface area contributed by atoms with Crippen molar-refractivity contribution in [1.29, 1.82) is 0 Å². The molecule has 0 saturated carbocycles. The van der Waals surface area contributed by atoms with Gasteiger partial charge in [0.1, 0.15) is 0 Å². The molecule has 86 valence electrons. The fourth-order valence-electron chi connectivity index (χ4n) is 1.73. The zero-order valence-electron chi connectivity index (χ0n) is 9.39. The van der Waals surface area contributed by atoms with Crippen LogP contribution in [0.4, 0.5) is 5.69 Å². The van der Waals surface area contributed by atoms with Crippen molar-refractivity contribution in [2.24, 2.45) is 5.73 Å². The Bertz CT molecular complexity index is 509. The fourth-order valence-corrected chi connectivity index (χ4v) is 1.85. The molecule has 0 atom stereocenters. The van der Waals surface area contributed by atoms with Gasteiger partial charge in [-0.3, -0.25) is 0 Å². The molecule has 2 nitrogen and oxygen atoms in total. The molecular weight excluding hydrogens is 228 g/mol. The van der Waals surface area contributed by atoms with Crippen LogP contribution in [0.3, 0.4) is 0 Å². The number of nitrogens with two attached hydrogens (primary N) is 1. The van der Waals surface area contributed by atoms with Gasteiger partial charge < -0.3 is 11.1 Å². The van der Waals surface area contributed by atoms with Crippen molar-refractivity contribution in [3.8, 4) is 0 Å². The van der Waals surface area contributed by atoms with Crippen LogP contribution in [0.1, 0.15) is 11.1 Å². The van der Waals surface area contributed by atoms with E-state index in [4.69, 9.17) is 18.0 Å². The first-order valence-corrected chi connectivity index (χ1v) is 5.84. The number of rotatable bonds is 3. The summed E-state index contributed by atoms with van der Waals surface area (Å²) < 4.78 is 0. The molecule has 0 fully saturated rings. The van der Waals surface area contributed by atoms with E-state index in [1.807, 2.05) is 30.3 Å². The number of hydrogen-bond donors (Lipinski definition) is 2. The molecule has 3 N–H and O–H groups in total. The van der Waals surface area contributed by atoms with Crippen molar-refractivity contribution in [3.63, 3.8) is 0 Å². The highest BCUT2D eigenvalue weighted by atomic mass is 32.1. The highest BCUT2D eigenvalue weighted by Gasteiger charge is 1.98. The molecule has 17 heavy (non-hydrogen) atoms. The molecule has 0 aliphatic carbocycles. The van der Waals surface area contributed by atoms with Gasteiger partial charge in [0.15, 0.2) is 5.11 Å². The van der Waals surface area contributed by atoms with Crippen LogP contribution >= 0.6 is 12.2 Å². The third-order valence-corrected chi connectivity index (χ3v) is 2.55. The second kappa shape index (κ2) is 5.46. The fraction of sp³-hybridized carbons (Fsp3) is 0.0714. The van der Waals surface area contributed by atoms with Gasteiger partial charge in [0.25, 0.3) is 0 Å². The van der Waals surface area contributed by atoms with E-state index in [1.165, 1.54) is 11.1 Å². The molecule has 0 radical (unpaired) electrons. The maximum atomic E-state index is 5.45. The average Bonchev–Trinajstić information content (AvgIpc) is 2.30. The van der Waals surface area contributed by atoms with Gasteiger partial charge in [-0.1, -0.05) is 42.5 Å². The van der Waals surface area contributed by atoms with Gasteiger partial charge in [0.05, 0.1) is 0 Å². The molecule has 0 aromatic heterocycles. The van der Waals surface area contributed by atoms with Crippen LogP contribution in [0.25, 0.3) is 0 Å². The summed E-state index contributed by atoms with van der Waals surface area (Å²) in [5.41, 5.74) is 8.91. The molecule has 2 aromatic rings. The van der Waals surface area contributed by atoms with Crippen molar-refractivity contribution in [2.75, 3.05) is 5.32 Å². The molecule has 0 unspecified atom stereocenters. The summed E-state index contributed by atoms with van der Waals surface area (Å²) in [5.74, 6) is 0. The van der Waals surface area contributed by atoms with Crippen molar-refractivity contribution in [2.45, 2.75) is 6.42 Å². The number of nitrogens with one attached hydrogen (secondary N) is 1. The molecule has 3 heteroatoms. The van der Waals surface area contributed by atoms with Crippen molar-refractivity contribution in [1.82, 2.24) is 0 Å². The first-order valence-electron chi connectivity index (χ1n) is 5.43. The zero-order valence-corrected chi connectivity index (χ0v) is 10.2. The number of anilines is 1. The van der Waals surface area contributed by atoms with E-state index in [0.29, 0.717) is 5.11 Å². The van der Waals surface area contributed by atoms with Crippen LogP contribution < -0.4 is 11.1 Å². The molecule has 0 bridgehead atoms. The van der Waals surface area contributed by atoms with Crippen LogP contribution in [0.2, 0.25) is 0 Å². The van der Waals surface area contributed by atoms with Crippen molar-refractivity contribution >= 4 is 23.0 Å². The highest BCUT2D eigenvalue weighted by molar-refractivity contribution is 7.80. The Morgan fingerprint density at radius 2 is 1.71 bits per heavy atom. The summed E-state index contributed by atoms with van der Waals surface area (Å²) >= 11 is 4.82. The Kier molecular flexibility index (Phi) is 3.73. The van der Waals surface area contributed by atoms with E-state index >= 15 is 0 Å². The molecule has 0 aliphatic rings. The van der Waals surface area contributed by atoms with Gasteiger partial charge in [-0.15, -0.1) is 0 Å². The summed E-state index contributed by atoms with van der Waals surface area (Å²) in [5, 5.41) is 3.23. The lowest BCUT2D eigenvalue weighted by Crippen LogP contribution is -2.18. The largest absolute Gasteiger partial charge is 0.376 e. The molecule has 0 aliphatic heterocycles. The van der Waals surface area contributed by atoms with Gasteiger partial charge in [-0.05, 0) is 41.9 Å². The Morgan fingerprint density at radius 1 is 1.00 bits per heavy atom. The van der Waals surface area contributed by atoms with E-state index in [9.17, 15) is 0 Å². The predicted molar refractivity (Wildman–Crippen MR) is 76.1 cm³/mol. The first kappa shape index (κ1) is 11.6. The van der Waals surface area contributed by atoms with Crippen molar-refractivity contribution in [3.05, 3.63) is 65.7 Å². The molecule has 0 spiro atoms. The molecule has 0 saturated heterocycles. The summed E-state index contributed by atoms with van der Waals surface area (Å²) in [4.78, 5) is 0. The van der Waals surface area contributed by atoms with E-state index in [2.05, 4.69) is 29.6 Å². The number of thiocarbonyl (C=S) groups is 1. The van der Waals surface area contributed by atoms with Gasteiger partial charge in [-0.2, -0.15) is 0 Å². The van der Waals surface area contributed by atoms with Gasteiger partial charge >= 0.3 is 0 Å². The van der Waals surface area contributed by atoms with Gasteiger partial charge in [0, 0.05) is 5.69 Å². The standard InChI is InChI=1S/C14H14N2S/c15-14(17)16-13-8-4-7-12(10-13)9-11-5-2-1-3-6-11/h1-8,10H,9H2,(H3,15,16,17).